The first-order valence-corrected chi connectivity index (χ1v) is 6.43. The van der Waals surface area contributed by atoms with Crippen LogP contribution in [0.4, 0.5) is 10.5 Å². The first-order chi connectivity index (χ1) is 9.78. The standard InChI is InChI=1S/C17H16N2O/c1-2-14-9-6-10-16(13-14)19-17(20)18-12-11-15-7-4-3-5-8-15/h1,3-10,13H,11-12H2,(H2,18,19,20). The SMILES string of the molecule is C#Cc1cccc(NC(=O)NCCc2ccccc2)c1. The van der Waals surface area contributed by atoms with Gasteiger partial charge in [-0.1, -0.05) is 42.3 Å². The monoisotopic (exact) mass is 264 g/mol. The fraction of sp³-hybridized carbons (Fsp3) is 0.118. The lowest BCUT2D eigenvalue weighted by atomic mass is 10.1. The van der Waals surface area contributed by atoms with Gasteiger partial charge in [-0.15, -0.1) is 6.42 Å². The molecule has 3 nitrogen and oxygen atoms in total. The number of carbonyl (C=O) groups is 1. The van der Waals surface area contributed by atoms with Gasteiger partial charge < -0.3 is 10.6 Å². The zero-order valence-electron chi connectivity index (χ0n) is 11.1. The zero-order chi connectivity index (χ0) is 14.2. The molecule has 0 spiro atoms. The van der Waals surface area contributed by atoms with Gasteiger partial charge in [0.2, 0.25) is 0 Å². The largest absolute Gasteiger partial charge is 0.338 e. The van der Waals surface area contributed by atoms with Crippen molar-refractivity contribution in [2.75, 3.05) is 11.9 Å². The summed E-state index contributed by atoms with van der Waals surface area (Å²) in [6, 6.07) is 17.0. The molecule has 2 rings (SSSR count). The fourth-order valence-corrected chi connectivity index (χ4v) is 1.83. The highest BCUT2D eigenvalue weighted by atomic mass is 16.2. The number of hydrogen-bond acceptors (Lipinski definition) is 1. The van der Waals surface area contributed by atoms with Crippen LogP contribution in [-0.2, 0) is 6.42 Å². The molecule has 0 aliphatic rings. The van der Waals surface area contributed by atoms with E-state index in [9.17, 15) is 4.79 Å². The van der Waals surface area contributed by atoms with E-state index in [1.165, 1.54) is 5.56 Å². The molecule has 2 aromatic rings. The summed E-state index contributed by atoms with van der Waals surface area (Å²) in [5.74, 6) is 2.53. The molecule has 0 fully saturated rings. The number of anilines is 1. The molecule has 100 valence electrons. The third-order valence-corrected chi connectivity index (χ3v) is 2.83. The quantitative estimate of drug-likeness (QED) is 0.819. The van der Waals surface area contributed by atoms with Crippen LogP contribution in [0, 0.1) is 12.3 Å². The predicted molar refractivity (Wildman–Crippen MR) is 81.5 cm³/mol. The number of benzene rings is 2. The van der Waals surface area contributed by atoms with Crippen LogP contribution in [0.5, 0.6) is 0 Å². The second-order valence-corrected chi connectivity index (χ2v) is 4.34. The van der Waals surface area contributed by atoms with E-state index < -0.39 is 0 Å². The molecule has 0 aliphatic carbocycles. The van der Waals surface area contributed by atoms with Gasteiger partial charge in [-0.05, 0) is 30.2 Å². The number of amides is 2. The van der Waals surface area contributed by atoms with Crippen LogP contribution in [0.15, 0.2) is 54.6 Å². The molecule has 0 radical (unpaired) electrons. The maximum Gasteiger partial charge on any atom is 0.319 e. The van der Waals surface area contributed by atoms with Crippen molar-refractivity contribution in [3.8, 4) is 12.3 Å². The van der Waals surface area contributed by atoms with Crippen molar-refractivity contribution in [1.29, 1.82) is 0 Å². The maximum atomic E-state index is 11.7. The Bertz CT molecular complexity index is 614. The van der Waals surface area contributed by atoms with E-state index in [0.717, 1.165) is 12.0 Å². The Morgan fingerprint density at radius 3 is 2.65 bits per heavy atom. The van der Waals surface area contributed by atoms with Gasteiger partial charge in [0.1, 0.15) is 0 Å². The summed E-state index contributed by atoms with van der Waals surface area (Å²) in [6.45, 7) is 0.588. The van der Waals surface area contributed by atoms with Crippen LogP contribution in [0.1, 0.15) is 11.1 Å². The molecular weight excluding hydrogens is 248 g/mol. The average Bonchev–Trinajstić information content (AvgIpc) is 2.48. The smallest absolute Gasteiger partial charge is 0.319 e. The Morgan fingerprint density at radius 1 is 1.10 bits per heavy atom. The van der Waals surface area contributed by atoms with Crippen molar-refractivity contribution in [1.82, 2.24) is 5.32 Å². The van der Waals surface area contributed by atoms with E-state index in [1.807, 2.05) is 42.5 Å². The summed E-state index contributed by atoms with van der Waals surface area (Å²) in [7, 11) is 0. The van der Waals surface area contributed by atoms with E-state index >= 15 is 0 Å². The van der Waals surface area contributed by atoms with E-state index in [0.29, 0.717) is 12.2 Å². The third-order valence-electron chi connectivity index (χ3n) is 2.83. The van der Waals surface area contributed by atoms with Gasteiger partial charge in [0.05, 0.1) is 0 Å². The molecule has 20 heavy (non-hydrogen) atoms. The van der Waals surface area contributed by atoms with Gasteiger partial charge in [-0.2, -0.15) is 0 Å². The van der Waals surface area contributed by atoms with E-state index in [1.54, 1.807) is 12.1 Å². The summed E-state index contributed by atoms with van der Waals surface area (Å²) in [5.41, 5.74) is 2.63. The van der Waals surface area contributed by atoms with Gasteiger partial charge in [0.25, 0.3) is 0 Å². The Balaban J connectivity index is 1.79. The van der Waals surface area contributed by atoms with E-state index in [4.69, 9.17) is 6.42 Å². The second kappa shape index (κ2) is 7.01. The topological polar surface area (TPSA) is 41.1 Å². The predicted octanol–water partition coefficient (Wildman–Crippen LogP) is 3.03. The normalized spacial score (nSPS) is 9.55. The van der Waals surface area contributed by atoms with Crippen molar-refractivity contribution in [2.45, 2.75) is 6.42 Å². The fourth-order valence-electron chi connectivity index (χ4n) is 1.83. The summed E-state index contributed by atoms with van der Waals surface area (Å²) in [4.78, 5) is 11.7. The van der Waals surface area contributed by atoms with Crippen molar-refractivity contribution >= 4 is 11.7 Å². The van der Waals surface area contributed by atoms with Crippen LogP contribution in [-0.4, -0.2) is 12.6 Å². The van der Waals surface area contributed by atoms with Crippen molar-refractivity contribution in [2.24, 2.45) is 0 Å². The van der Waals surface area contributed by atoms with Crippen LogP contribution in [0.3, 0.4) is 0 Å². The molecule has 0 bridgehead atoms. The molecule has 3 heteroatoms. The van der Waals surface area contributed by atoms with Gasteiger partial charge in [-0.3, -0.25) is 0 Å². The van der Waals surface area contributed by atoms with Gasteiger partial charge in [-0.25, -0.2) is 4.79 Å². The lowest BCUT2D eigenvalue weighted by Crippen LogP contribution is -2.30. The Morgan fingerprint density at radius 2 is 1.90 bits per heavy atom. The molecule has 0 atom stereocenters. The second-order valence-electron chi connectivity index (χ2n) is 4.34. The molecule has 0 unspecified atom stereocenters. The zero-order valence-corrected chi connectivity index (χ0v) is 11.1. The molecule has 2 aromatic carbocycles. The highest BCUT2D eigenvalue weighted by Crippen LogP contribution is 2.09. The number of urea groups is 1. The summed E-state index contributed by atoms with van der Waals surface area (Å²) in [6.07, 6.45) is 6.12. The highest BCUT2D eigenvalue weighted by molar-refractivity contribution is 5.89. The molecule has 0 aromatic heterocycles. The molecule has 2 N–H and O–H groups in total. The molecular formula is C17H16N2O. The molecule has 0 heterocycles. The Hall–Kier alpha value is -2.73. The van der Waals surface area contributed by atoms with Crippen LogP contribution < -0.4 is 10.6 Å². The number of rotatable bonds is 4. The lowest BCUT2D eigenvalue weighted by molar-refractivity contribution is 0.252. The molecule has 0 saturated carbocycles. The Kier molecular flexibility index (Phi) is 4.80. The molecule has 2 amide bonds. The molecule has 0 aliphatic heterocycles. The summed E-state index contributed by atoms with van der Waals surface area (Å²) < 4.78 is 0. The van der Waals surface area contributed by atoms with Gasteiger partial charge in [0.15, 0.2) is 0 Å². The third kappa shape index (κ3) is 4.18. The van der Waals surface area contributed by atoms with Crippen LogP contribution >= 0.6 is 0 Å². The first-order valence-electron chi connectivity index (χ1n) is 6.43. The minimum atomic E-state index is -0.227. The first kappa shape index (κ1) is 13.7. The maximum absolute atomic E-state index is 11.7. The minimum absolute atomic E-state index is 0.227. The van der Waals surface area contributed by atoms with Crippen molar-refractivity contribution in [3.63, 3.8) is 0 Å². The Labute approximate surface area is 119 Å². The summed E-state index contributed by atoms with van der Waals surface area (Å²) in [5, 5.41) is 5.57. The average molecular weight is 264 g/mol. The van der Waals surface area contributed by atoms with Gasteiger partial charge in [0, 0.05) is 17.8 Å². The number of nitrogens with one attached hydrogen (secondary N) is 2. The van der Waals surface area contributed by atoms with Crippen LogP contribution in [0.25, 0.3) is 0 Å². The highest BCUT2D eigenvalue weighted by Gasteiger charge is 2.01. The van der Waals surface area contributed by atoms with Gasteiger partial charge >= 0.3 is 6.03 Å². The van der Waals surface area contributed by atoms with Crippen molar-refractivity contribution in [3.05, 3.63) is 65.7 Å². The van der Waals surface area contributed by atoms with Crippen LogP contribution in [0.2, 0.25) is 0 Å². The number of hydrogen-bond donors (Lipinski definition) is 2. The van der Waals surface area contributed by atoms with E-state index in [2.05, 4.69) is 16.6 Å². The molecule has 0 saturated heterocycles. The minimum Gasteiger partial charge on any atom is -0.338 e. The lowest BCUT2D eigenvalue weighted by Gasteiger charge is -2.08. The number of carbonyl (C=O) groups excluding carboxylic acids is 1. The summed E-state index contributed by atoms with van der Waals surface area (Å²) >= 11 is 0. The number of terminal acetylenes is 1. The van der Waals surface area contributed by atoms with E-state index in [-0.39, 0.29) is 6.03 Å². The van der Waals surface area contributed by atoms with Crippen molar-refractivity contribution < 1.29 is 4.79 Å².